The molecule has 0 spiro atoms. The summed E-state index contributed by atoms with van der Waals surface area (Å²) in [6, 6.07) is 5.28. The van der Waals surface area contributed by atoms with Gasteiger partial charge in [-0.2, -0.15) is 0 Å². The predicted molar refractivity (Wildman–Crippen MR) is 68.0 cm³/mol. The molecule has 5 nitrogen and oxygen atoms in total. The second-order valence-electron chi connectivity index (χ2n) is 5.22. The van der Waals surface area contributed by atoms with Gasteiger partial charge < -0.3 is 5.11 Å². The van der Waals surface area contributed by atoms with Crippen molar-refractivity contribution in [3.63, 3.8) is 0 Å². The summed E-state index contributed by atoms with van der Waals surface area (Å²) in [5.74, 6) is -1.15. The van der Waals surface area contributed by atoms with Gasteiger partial charge in [0.15, 0.2) is 0 Å². The number of aromatic carboxylic acids is 1. The van der Waals surface area contributed by atoms with Gasteiger partial charge in [-0.05, 0) is 23.6 Å². The number of nitrogens with one attached hydrogen (secondary N) is 1. The van der Waals surface area contributed by atoms with Crippen LogP contribution in [-0.2, 0) is 10.0 Å². The molecule has 0 amide bonds. The van der Waals surface area contributed by atoms with Crippen LogP contribution in [0.4, 0.5) is 0 Å². The van der Waals surface area contributed by atoms with Gasteiger partial charge in [0.25, 0.3) is 0 Å². The van der Waals surface area contributed by atoms with Gasteiger partial charge in [0.1, 0.15) is 0 Å². The van der Waals surface area contributed by atoms with E-state index >= 15 is 0 Å². The standard InChI is InChI=1S/C12H17NO4S/c1-12(2,3)8-13-18(16,17)10-6-4-5-9(7-10)11(14)15/h4-7,13H,8H2,1-3H3,(H,14,15). The fraction of sp³-hybridized carbons (Fsp3) is 0.417. The molecule has 0 saturated heterocycles. The Bertz CT molecular complexity index is 543. The summed E-state index contributed by atoms with van der Waals surface area (Å²) in [5.41, 5.74) is -0.231. The summed E-state index contributed by atoms with van der Waals surface area (Å²) < 4.78 is 26.4. The molecule has 1 rings (SSSR count). The van der Waals surface area contributed by atoms with E-state index in [-0.39, 0.29) is 22.4 Å². The van der Waals surface area contributed by atoms with Crippen LogP contribution in [0.3, 0.4) is 0 Å². The van der Waals surface area contributed by atoms with E-state index in [1.54, 1.807) is 0 Å². The van der Waals surface area contributed by atoms with Gasteiger partial charge in [0.2, 0.25) is 10.0 Å². The number of sulfonamides is 1. The molecule has 2 N–H and O–H groups in total. The lowest BCUT2D eigenvalue weighted by Gasteiger charge is -2.18. The van der Waals surface area contributed by atoms with Gasteiger partial charge >= 0.3 is 5.97 Å². The maximum atomic E-state index is 11.9. The minimum Gasteiger partial charge on any atom is -0.478 e. The van der Waals surface area contributed by atoms with E-state index in [2.05, 4.69) is 4.72 Å². The first kappa shape index (κ1) is 14.7. The lowest BCUT2D eigenvalue weighted by molar-refractivity contribution is 0.0696. The summed E-state index contributed by atoms with van der Waals surface area (Å²) >= 11 is 0. The maximum Gasteiger partial charge on any atom is 0.335 e. The number of carboxylic acid groups (broad SMARTS) is 1. The van der Waals surface area contributed by atoms with Crippen LogP contribution < -0.4 is 4.72 Å². The Kier molecular flexibility index (Phi) is 4.13. The topological polar surface area (TPSA) is 83.5 Å². The van der Waals surface area contributed by atoms with Crippen molar-refractivity contribution in [1.82, 2.24) is 4.72 Å². The quantitative estimate of drug-likeness (QED) is 0.873. The Morgan fingerprint density at radius 3 is 2.44 bits per heavy atom. The van der Waals surface area contributed by atoms with Crippen LogP contribution in [0, 0.1) is 5.41 Å². The molecule has 0 atom stereocenters. The van der Waals surface area contributed by atoms with Crippen LogP contribution in [0.2, 0.25) is 0 Å². The molecule has 0 radical (unpaired) electrons. The molecular weight excluding hydrogens is 254 g/mol. The van der Waals surface area contributed by atoms with Gasteiger partial charge in [-0.3, -0.25) is 0 Å². The lowest BCUT2D eigenvalue weighted by Crippen LogP contribution is -2.32. The largest absolute Gasteiger partial charge is 0.478 e. The van der Waals surface area contributed by atoms with Crippen LogP contribution in [0.5, 0.6) is 0 Å². The van der Waals surface area contributed by atoms with Crippen molar-refractivity contribution >= 4 is 16.0 Å². The maximum absolute atomic E-state index is 11.9. The van der Waals surface area contributed by atoms with Gasteiger partial charge in [-0.15, -0.1) is 0 Å². The molecule has 1 aromatic carbocycles. The second kappa shape index (κ2) is 5.07. The zero-order valence-electron chi connectivity index (χ0n) is 10.6. The molecule has 1 aromatic rings. The van der Waals surface area contributed by atoms with Crippen LogP contribution in [-0.4, -0.2) is 26.0 Å². The van der Waals surface area contributed by atoms with Crippen molar-refractivity contribution in [2.24, 2.45) is 5.41 Å². The third-order valence-electron chi connectivity index (χ3n) is 2.18. The summed E-state index contributed by atoms with van der Waals surface area (Å²) in [4.78, 5) is 10.7. The number of hydrogen-bond donors (Lipinski definition) is 2. The monoisotopic (exact) mass is 271 g/mol. The average Bonchev–Trinajstić information content (AvgIpc) is 2.26. The van der Waals surface area contributed by atoms with Crippen molar-refractivity contribution < 1.29 is 18.3 Å². The Labute approximate surface area is 107 Å². The van der Waals surface area contributed by atoms with Crippen LogP contribution in [0.15, 0.2) is 29.2 Å². The molecule has 0 aliphatic heterocycles. The van der Waals surface area contributed by atoms with Crippen molar-refractivity contribution in [1.29, 1.82) is 0 Å². The third kappa shape index (κ3) is 4.12. The first-order valence-electron chi connectivity index (χ1n) is 5.45. The van der Waals surface area contributed by atoms with Crippen molar-refractivity contribution in [2.75, 3.05) is 6.54 Å². The van der Waals surface area contributed by atoms with Gasteiger partial charge in [-0.25, -0.2) is 17.9 Å². The van der Waals surface area contributed by atoms with E-state index in [9.17, 15) is 13.2 Å². The van der Waals surface area contributed by atoms with E-state index < -0.39 is 16.0 Å². The molecule has 0 unspecified atom stereocenters. The molecule has 0 heterocycles. The molecule has 0 bridgehead atoms. The number of hydrogen-bond acceptors (Lipinski definition) is 3. The molecular formula is C12H17NO4S. The minimum absolute atomic E-state index is 0.0355. The molecule has 6 heteroatoms. The second-order valence-corrected chi connectivity index (χ2v) is 6.99. The minimum atomic E-state index is -3.66. The number of rotatable bonds is 4. The lowest BCUT2D eigenvalue weighted by atomic mass is 9.98. The van der Waals surface area contributed by atoms with E-state index in [0.717, 1.165) is 6.07 Å². The Morgan fingerprint density at radius 1 is 1.33 bits per heavy atom. The molecule has 0 aromatic heterocycles. The Balaban J connectivity index is 2.99. The van der Waals surface area contributed by atoms with E-state index in [4.69, 9.17) is 5.11 Å². The molecule has 100 valence electrons. The number of carboxylic acids is 1. The van der Waals surface area contributed by atoms with Gasteiger partial charge in [0.05, 0.1) is 10.5 Å². The SMILES string of the molecule is CC(C)(C)CNS(=O)(=O)c1cccc(C(=O)O)c1. The summed E-state index contributed by atoms with van der Waals surface area (Å²) in [7, 11) is -3.66. The first-order chi connectivity index (χ1) is 8.12. The van der Waals surface area contributed by atoms with Gasteiger partial charge in [0, 0.05) is 6.54 Å². The van der Waals surface area contributed by atoms with Crippen LogP contribution >= 0.6 is 0 Å². The predicted octanol–water partition coefficient (Wildman–Crippen LogP) is 1.71. The summed E-state index contributed by atoms with van der Waals surface area (Å²) in [6.07, 6.45) is 0. The highest BCUT2D eigenvalue weighted by Gasteiger charge is 2.19. The summed E-state index contributed by atoms with van der Waals surface area (Å²) in [6.45, 7) is 6.00. The molecule has 0 aliphatic carbocycles. The van der Waals surface area contributed by atoms with Crippen molar-refractivity contribution in [3.8, 4) is 0 Å². The zero-order chi connectivity index (χ0) is 14.0. The normalized spacial score (nSPS) is 12.4. The Hall–Kier alpha value is -1.40. The highest BCUT2D eigenvalue weighted by atomic mass is 32.2. The van der Waals surface area contributed by atoms with Crippen LogP contribution in [0.25, 0.3) is 0 Å². The average molecular weight is 271 g/mol. The van der Waals surface area contributed by atoms with E-state index in [0.29, 0.717) is 0 Å². The highest BCUT2D eigenvalue weighted by Crippen LogP contribution is 2.15. The fourth-order valence-electron chi connectivity index (χ4n) is 1.19. The van der Waals surface area contributed by atoms with Crippen LogP contribution in [0.1, 0.15) is 31.1 Å². The molecule has 0 fully saturated rings. The smallest absolute Gasteiger partial charge is 0.335 e. The fourth-order valence-corrected chi connectivity index (χ4v) is 2.52. The Morgan fingerprint density at radius 2 is 1.94 bits per heavy atom. The van der Waals surface area contributed by atoms with E-state index in [1.165, 1.54) is 18.2 Å². The highest BCUT2D eigenvalue weighted by molar-refractivity contribution is 7.89. The van der Waals surface area contributed by atoms with Crippen molar-refractivity contribution in [2.45, 2.75) is 25.7 Å². The molecule has 18 heavy (non-hydrogen) atoms. The van der Waals surface area contributed by atoms with Crippen molar-refractivity contribution in [3.05, 3.63) is 29.8 Å². The van der Waals surface area contributed by atoms with Gasteiger partial charge in [-0.1, -0.05) is 26.8 Å². The first-order valence-corrected chi connectivity index (χ1v) is 6.93. The van der Waals surface area contributed by atoms with E-state index in [1.807, 2.05) is 20.8 Å². The summed E-state index contributed by atoms with van der Waals surface area (Å²) in [5, 5.41) is 8.82. The number of benzene rings is 1. The number of carbonyl (C=O) groups is 1. The third-order valence-corrected chi connectivity index (χ3v) is 3.58. The zero-order valence-corrected chi connectivity index (χ0v) is 11.4. The molecule has 0 saturated carbocycles. The molecule has 0 aliphatic rings.